The highest BCUT2D eigenvalue weighted by Gasteiger charge is 2.22. The lowest BCUT2D eigenvalue weighted by Gasteiger charge is -2.29. The molecule has 1 aliphatic carbocycles. The van der Waals surface area contributed by atoms with Crippen molar-refractivity contribution in [3.05, 3.63) is 48.4 Å². The molecule has 144 valence electrons. The van der Waals surface area contributed by atoms with Crippen LogP contribution in [0.25, 0.3) is 22.0 Å². The van der Waals surface area contributed by atoms with Crippen molar-refractivity contribution in [3.63, 3.8) is 0 Å². The maximum atomic E-state index is 11.2. The van der Waals surface area contributed by atoms with Gasteiger partial charge in [0.25, 0.3) is 0 Å². The van der Waals surface area contributed by atoms with Gasteiger partial charge in [-0.25, -0.2) is 9.97 Å². The zero-order valence-corrected chi connectivity index (χ0v) is 16.3. The van der Waals surface area contributed by atoms with E-state index in [1.165, 1.54) is 5.56 Å². The normalized spacial score (nSPS) is 19.4. The third-order valence-corrected chi connectivity index (χ3v) is 5.40. The average molecular weight is 375 g/mol. The number of amides is 1. The second kappa shape index (κ2) is 7.92. The molecule has 3 aromatic rings. The van der Waals surface area contributed by atoms with E-state index >= 15 is 0 Å². The summed E-state index contributed by atoms with van der Waals surface area (Å²) in [6.45, 7) is 3.67. The molecule has 6 heteroatoms. The molecule has 1 aromatic carbocycles. The van der Waals surface area contributed by atoms with E-state index in [-0.39, 0.29) is 5.91 Å². The maximum Gasteiger partial charge on any atom is 0.223 e. The molecule has 0 atom stereocenters. The molecule has 2 heterocycles. The molecule has 0 radical (unpaired) electrons. The van der Waals surface area contributed by atoms with Crippen LogP contribution in [0.1, 0.15) is 38.2 Å². The first-order valence-electron chi connectivity index (χ1n) is 9.80. The highest BCUT2D eigenvalue weighted by Crippen LogP contribution is 2.26. The zero-order chi connectivity index (χ0) is 19.5. The number of anilines is 1. The molecule has 0 bridgehead atoms. The van der Waals surface area contributed by atoms with Crippen molar-refractivity contribution >= 4 is 22.8 Å². The number of fused-ring (bicyclic) bond motifs is 1. The minimum Gasteiger partial charge on any atom is -0.354 e. The van der Waals surface area contributed by atoms with E-state index in [0.29, 0.717) is 18.0 Å². The fourth-order valence-electron chi connectivity index (χ4n) is 3.89. The van der Waals surface area contributed by atoms with Gasteiger partial charge in [-0.1, -0.05) is 6.07 Å². The van der Waals surface area contributed by atoms with Gasteiger partial charge in [0.15, 0.2) is 0 Å². The monoisotopic (exact) mass is 375 g/mol. The molecule has 2 N–H and O–H groups in total. The Hall–Kier alpha value is -3.02. The van der Waals surface area contributed by atoms with Crippen LogP contribution in [-0.4, -0.2) is 32.9 Å². The predicted octanol–water partition coefficient (Wildman–Crippen LogP) is 3.86. The van der Waals surface area contributed by atoms with Crippen LogP contribution in [0.4, 0.5) is 5.95 Å². The number of hydrogen-bond donors (Lipinski definition) is 2. The first-order chi connectivity index (χ1) is 13.6. The number of carbonyl (C=O) groups excluding carboxylic acids is 1. The highest BCUT2D eigenvalue weighted by atomic mass is 16.1. The number of nitrogens with zero attached hydrogens (tertiary/aromatic N) is 3. The van der Waals surface area contributed by atoms with Crippen LogP contribution in [0, 0.1) is 6.92 Å². The van der Waals surface area contributed by atoms with Gasteiger partial charge in [0.2, 0.25) is 11.9 Å². The zero-order valence-electron chi connectivity index (χ0n) is 16.3. The van der Waals surface area contributed by atoms with Gasteiger partial charge in [-0.15, -0.1) is 0 Å². The summed E-state index contributed by atoms with van der Waals surface area (Å²) >= 11 is 0. The topological polar surface area (TPSA) is 79.8 Å². The lowest BCUT2D eigenvalue weighted by molar-refractivity contribution is -0.119. The lowest BCUT2D eigenvalue weighted by atomic mass is 9.91. The lowest BCUT2D eigenvalue weighted by Crippen LogP contribution is -2.39. The summed E-state index contributed by atoms with van der Waals surface area (Å²) in [5.41, 5.74) is 4.37. The van der Waals surface area contributed by atoms with Crippen molar-refractivity contribution in [1.82, 2.24) is 20.3 Å². The molecule has 28 heavy (non-hydrogen) atoms. The van der Waals surface area contributed by atoms with Gasteiger partial charge >= 0.3 is 0 Å². The fraction of sp³-hybridized carbons (Fsp3) is 0.364. The van der Waals surface area contributed by atoms with Gasteiger partial charge in [0, 0.05) is 48.5 Å². The van der Waals surface area contributed by atoms with Gasteiger partial charge in [-0.05, 0) is 61.9 Å². The highest BCUT2D eigenvalue weighted by molar-refractivity contribution is 5.85. The van der Waals surface area contributed by atoms with E-state index in [9.17, 15) is 4.79 Å². The molecular weight excluding hydrogens is 350 g/mol. The van der Waals surface area contributed by atoms with Crippen molar-refractivity contribution in [3.8, 4) is 11.1 Å². The first kappa shape index (κ1) is 18.3. The molecule has 1 aliphatic rings. The van der Waals surface area contributed by atoms with Crippen molar-refractivity contribution in [1.29, 1.82) is 0 Å². The molecule has 0 aliphatic heterocycles. The number of hydrogen-bond acceptors (Lipinski definition) is 5. The molecule has 0 spiro atoms. The van der Waals surface area contributed by atoms with Crippen LogP contribution in [0.15, 0.2) is 42.9 Å². The van der Waals surface area contributed by atoms with Crippen LogP contribution in [0.2, 0.25) is 0 Å². The Kier molecular flexibility index (Phi) is 5.19. The Balaban J connectivity index is 1.46. The fourth-order valence-corrected chi connectivity index (χ4v) is 3.89. The summed E-state index contributed by atoms with van der Waals surface area (Å²) < 4.78 is 0. The number of rotatable bonds is 4. The van der Waals surface area contributed by atoms with E-state index in [1.54, 1.807) is 6.92 Å². The Morgan fingerprint density at radius 1 is 1.07 bits per heavy atom. The van der Waals surface area contributed by atoms with Crippen molar-refractivity contribution in [2.75, 3.05) is 5.32 Å². The molecule has 0 saturated heterocycles. The predicted molar refractivity (Wildman–Crippen MR) is 111 cm³/mol. The third kappa shape index (κ3) is 4.11. The number of aromatic nitrogens is 3. The summed E-state index contributed by atoms with van der Waals surface area (Å²) in [6.07, 6.45) is 9.56. The molecule has 1 fully saturated rings. The minimum absolute atomic E-state index is 0.0510. The van der Waals surface area contributed by atoms with Gasteiger partial charge < -0.3 is 10.6 Å². The Morgan fingerprint density at radius 3 is 2.61 bits per heavy atom. The van der Waals surface area contributed by atoms with Crippen LogP contribution >= 0.6 is 0 Å². The number of benzene rings is 1. The van der Waals surface area contributed by atoms with Gasteiger partial charge in [-0.3, -0.25) is 9.78 Å². The van der Waals surface area contributed by atoms with Gasteiger partial charge in [0.1, 0.15) is 0 Å². The first-order valence-corrected chi connectivity index (χ1v) is 9.80. The van der Waals surface area contributed by atoms with E-state index in [0.717, 1.165) is 47.7 Å². The van der Waals surface area contributed by atoms with Crippen LogP contribution in [0.5, 0.6) is 0 Å². The summed E-state index contributed by atoms with van der Waals surface area (Å²) in [4.78, 5) is 24.6. The molecule has 0 unspecified atom stereocenters. The van der Waals surface area contributed by atoms with E-state index < -0.39 is 0 Å². The van der Waals surface area contributed by atoms with Crippen molar-refractivity contribution in [2.24, 2.45) is 0 Å². The SMILES string of the molecule is CC(=O)N[C@H]1CC[C@H](Nc2ncc3cc(-c4cnccc4C)ccc3n2)CC1. The van der Waals surface area contributed by atoms with Gasteiger partial charge in [0.05, 0.1) is 5.52 Å². The molecule has 1 amide bonds. The Labute approximate surface area is 164 Å². The Morgan fingerprint density at radius 2 is 1.86 bits per heavy atom. The van der Waals surface area contributed by atoms with E-state index in [1.807, 2.05) is 30.7 Å². The third-order valence-electron chi connectivity index (χ3n) is 5.40. The quantitative estimate of drug-likeness (QED) is 0.724. The van der Waals surface area contributed by atoms with E-state index in [4.69, 9.17) is 0 Å². The summed E-state index contributed by atoms with van der Waals surface area (Å²) in [6, 6.07) is 8.90. The summed E-state index contributed by atoms with van der Waals surface area (Å²) in [5.74, 6) is 0.718. The standard InChI is InChI=1S/C22H25N5O/c1-14-9-10-23-13-20(14)16-3-8-21-17(11-16)12-24-22(27-21)26-19-6-4-18(5-7-19)25-15(2)28/h3,8-13,18-19H,4-7H2,1-2H3,(H,25,28)(H,24,26,27)/t18-,19-. The molecule has 4 rings (SSSR count). The van der Waals surface area contributed by atoms with E-state index in [2.05, 4.69) is 44.6 Å². The molecular formula is C22H25N5O. The van der Waals surface area contributed by atoms with Crippen molar-refractivity contribution in [2.45, 2.75) is 51.6 Å². The average Bonchev–Trinajstić information content (AvgIpc) is 2.69. The second-order valence-electron chi connectivity index (χ2n) is 7.55. The second-order valence-corrected chi connectivity index (χ2v) is 7.55. The number of aryl methyl sites for hydroxylation is 1. The number of carbonyl (C=O) groups is 1. The molecule has 2 aromatic heterocycles. The minimum atomic E-state index is 0.0510. The van der Waals surface area contributed by atoms with Crippen LogP contribution < -0.4 is 10.6 Å². The summed E-state index contributed by atoms with van der Waals surface area (Å²) in [5, 5.41) is 7.48. The molecule has 1 saturated carbocycles. The van der Waals surface area contributed by atoms with Crippen LogP contribution in [0.3, 0.4) is 0 Å². The summed E-state index contributed by atoms with van der Waals surface area (Å²) in [7, 11) is 0. The molecule has 6 nitrogen and oxygen atoms in total. The largest absolute Gasteiger partial charge is 0.354 e. The smallest absolute Gasteiger partial charge is 0.223 e. The number of pyridine rings is 1. The van der Waals surface area contributed by atoms with Crippen LogP contribution in [-0.2, 0) is 4.79 Å². The van der Waals surface area contributed by atoms with Gasteiger partial charge in [-0.2, -0.15) is 0 Å². The maximum absolute atomic E-state index is 11.2. The van der Waals surface area contributed by atoms with Crippen molar-refractivity contribution < 1.29 is 4.79 Å². The number of nitrogens with one attached hydrogen (secondary N) is 2. The Bertz CT molecular complexity index is 995.